The lowest BCUT2D eigenvalue weighted by Gasteiger charge is -2.23. The van der Waals surface area contributed by atoms with E-state index in [0.29, 0.717) is 12.4 Å². The lowest BCUT2D eigenvalue weighted by molar-refractivity contribution is 0.704. The minimum Gasteiger partial charge on any atom is -0.358 e. The average molecular weight is 248 g/mol. The maximum atomic E-state index is 8.86. The van der Waals surface area contributed by atoms with Gasteiger partial charge in [0.25, 0.3) is 0 Å². The monoisotopic (exact) mass is 248 g/mol. The van der Waals surface area contributed by atoms with E-state index in [-0.39, 0.29) is 5.92 Å². The van der Waals surface area contributed by atoms with Crippen molar-refractivity contribution in [2.75, 3.05) is 23.9 Å². The molecule has 6 heteroatoms. The Kier molecular flexibility index (Phi) is 5.33. The number of nitrogens with one attached hydrogen (secondary N) is 1. The van der Waals surface area contributed by atoms with Crippen LogP contribution in [0.3, 0.4) is 0 Å². The second-order valence-electron chi connectivity index (χ2n) is 4.33. The Hall–Kier alpha value is -1.87. The van der Waals surface area contributed by atoms with Crippen molar-refractivity contribution in [1.82, 2.24) is 9.97 Å². The summed E-state index contributed by atoms with van der Waals surface area (Å²) in [5, 5.41) is 8.86. The predicted octanol–water partition coefficient (Wildman–Crippen LogP) is 1.31. The number of hydrogen-bond donors (Lipinski definition) is 2. The van der Waals surface area contributed by atoms with E-state index >= 15 is 0 Å². The van der Waals surface area contributed by atoms with Crippen LogP contribution in [0.5, 0.6) is 0 Å². The second-order valence-corrected chi connectivity index (χ2v) is 4.33. The van der Waals surface area contributed by atoms with Crippen LogP contribution in [0.1, 0.15) is 25.8 Å². The average Bonchev–Trinajstić information content (AvgIpc) is 2.38. The number of hydrogen-bond acceptors (Lipinski definition) is 6. The van der Waals surface area contributed by atoms with E-state index in [2.05, 4.69) is 28.4 Å². The molecule has 0 amide bonds. The molecule has 0 radical (unpaired) electrons. The number of aromatic nitrogens is 2. The normalized spacial score (nSPS) is 11.7. The van der Waals surface area contributed by atoms with E-state index in [1.54, 1.807) is 0 Å². The van der Waals surface area contributed by atoms with Gasteiger partial charge in [-0.15, -0.1) is 0 Å². The molecule has 18 heavy (non-hydrogen) atoms. The van der Waals surface area contributed by atoms with Gasteiger partial charge >= 0.3 is 0 Å². The molecule has 0 aliphatic heterocycles. The van der Waals surface area contributed by atoms with Gasteiger partial charge in [-0.3, -0.25) is 0 Å². The minimum atomic E-state index is -0.0475. The van der Waals surface area contributed by atoms with Gasteiger partial charge < -0.3 is 10.3 Å². The predicted molar refractivity (Wildman–Crippen MR) is 71.9 cm³/mol. The zero-order valence-corrected chi connectivity index (χ0v) is 11.1. The summed E-state index contributed by atoms with van der Waals surface area (Å²) in [7, 11) is 1.93. The maximum absolute atomic E-state index is 8.86. The van der Waals surface area contributed by atoms with Gasteiger partial charge in [0.15, 0.2) is 0 Å². The van der Waals surface area contributed by atoms with Crippen LogP contribution in [0.25, 0.3) is 0 Å². The Morgan fingerprint density at radius 3 is 2.83 bits per heavy atom. The van der Waals surface area contributed by atoms with Crippen LogP contribution in [0.15, 0.2) is 6.33 Å². The van der Waals surface area contributed by atoms with Crippen molar-refractivity contribution >= 4 is 11.6 Å². The fourth-order valence-electron chi connectivity index (χ4n) is 1.87. The van der Waals surface area contributed by atoms with Crippen LogP contribution >= 0.6 is 0 Å². The van der Waals surface area contributed by atoms with Gasteiger partial charge in [-0.05, 0) is 13.3 Å². The summed E-state index contributed by atoms with van der Waals surface area (Å²) < 4.78 is 0. The van der Waals surface area contributed by atoms with Gasteiger partial charge in [0.2, 0.25) is 0 Å². The number of hydrazine groups is 1. The molecule has 1 rings (SSSR count). The van der Waals surface area contributed by atoms with Gasteiger partial charge in [0, 0.05) is 19.2 Å². The molecule has 1 aromatic rings. The lowest BCUT2D eigenvalue weighted by atomic mass is 10.1. The maximum Gasteiger partial charge on any atom is 0.148 e. The standard InChI is InChI=1S/C12H20N6/c1-4-5-10-11(17-14)15-8-16-12(10)18(3)7-9(2)6-13/h8-9H,4-5,7,14H2,1-3H3,(H,15,16,17). The van der Waals surface area contributed by atoms with Gasteiger partial charge in [0.05, 0.1) is 12.0 Å². The Morgan fingerprint density at radius 1 is 1.56 bits per heavy atom. The molecule has 0 aromatic carbocycles. The number of nitrogen functional groups attached to an aromatic ring is 1. The summed E-state index contributed by atoms with van der Waals surface area (Å²) in [6.07, 6.45) is 3.31. The van der Waals surface area contributed by atoms with E-state index in [1.807, 2.05) is 18.9 Å². The first-order chi connectivity index (χ1) is 8.63. The molecular weight excluding hydrogens is 228 g/mol. The summed E-state index contributed by atoms with van der Waals surface area (Å²) in [5.41, 5.74) is 3.60. The number of rotatable bonds is 6. The summed E-state index contributed by atoms with van der Waals surface area (Å²) in [6, 6.07) is 2.22. The van der Waals surface area contributed by atoms with Crippen molar-refractivity contribution in [2.24, 2.45) is 11.8 Å². The van der Waals surface area contributed by atoms with Crippen LogP contribution in [0.4, 0.5) is 11.6 Å². The molecule has 1 unspecified atom stereocenters. The highest BCUT2D eigenvalue weighted by atomic mass is 15.3. The topological polar surface area (TPSA) is 90.9 Å². The smallest absolute Gasteiger partial charge is 0.148 e. The third-order valence-electron chi connectivity index (χ3n) is 2.69. The third kappa shape index (κ3) is 3.31. The summed E-state index contributed by atoms with van der Waals surface area (Å²) in [5.74, 6) is 6.91. The van der Waals surface area contributed by atoms with E-state index in [1.165, 1.54) is 6.33 Å². The molecule has 0 aliphatic rings. The first-order valence-corrected chi connectivity index (χ1v) is 6.05. The van der Waals surface area contributed by atoms with Gasteiger partial charge in [-0.25, -0.2) is 15.8 Å². The Bertz CT molecular complexity index is 425. The van der Waals surface area contributed by atoms with Gasteiger partial charge in [-0.2, -0.15) is 5.26 Å². The Morgan fingerprint density at radius 2 is 2.28 bits per heavy atom. The molecule has 6 nitrogen and oxygen atoms in total. The molecule has 1 aromatic heterocycles. The molecule has 0 spiro atoms. The van der Waals surface area contributed by atoms with Crippen molar-refractivity contribution in [3.05, 3.63) is 11.9 Å². The molecule has 0 saturated carbocycles. The quantitative estimate of drug-likeness (QED) is 0.582. The first kappa shape index (κ1) is 14.2. The number of nitrogens with two attached hydrogens (primary N) is 1. The number of nitrogens with zero attached hydrogens (tertiary/aromatic N) is 4. The van der Waals surface area contributed by atoms with Crippen molar-refractivity contribution < 1.29 is 0 Å². The van der Waals surface area contributed by atoms with Crippen LogP contribution in [-0.4, -0.2) is 23.6 Å². The minimum absolute atomic E-state index is 0.0475. The highest BCUT2D eigenvalue weighted by Gasteiger charge is 2.15. The number of nitriles is 1. The van der Waals surface area contributed by atoms with Gasteiger partial charge in [0.1, 0.15) is 18.0 Å². The zero-order chi connectivity index (χ0) is 13.5. The van der Waals surface area contributed by atoms with E-state index in [9.17, 15) is 0 Å². The van der Waals surface area contributed by atoms with Crippen LogP contribution in [0, 0.1) is 17.2 Å². The van der Waals surface area contributed by atoms with Gasteiger partial charge in [-0.1, -0.05) is 13.3 Å². The van der Waals surface area contributed by atoms with E-state index < -0.39 is 0 Å². The fourth-order valence-corrected chi connectivity index (χ4v) is 1.87. The van der Waals surface area contributed by atoms with Crippen molar-refractivity contribution in [3.8, 4) is 6.07 Å². The molecular formula is C12H20N6. The first-order valence-electron chi connectivity index (χ1n) is 6.05. The summed E-state index contributed by atoms with van der Waals surface area (Å²) in [4.78, 5) is 10.4. The SMILES string of the molecule is CCCc1c(NN)ncnc1N(C)CC(C)C#N. The molecule has 1 atom stereocenters. The molecule has 98 valence electrons. The highest BCUT2D eigenvalue weighted by molar-refractivity contribution is 5.58. The fraction of sp³-hybridized carbons (Fsp3) is 0.583. The van der Waals surface area contributed by atoms with Crippen molar-refractivity contribution in [1.29, 1.82) is 5.26 Å². The van der Waals surface area contributed by atoms with Crippen molar-refractivity contribution in [3.63, 3.8) is 0 Å². The highest BCUT2D eigenvalue weighted by Crippen LogP contribution is 2.24. The number of anilines is 2. The molecule has 0 fully saturated rings. The lowest BCUT2D eigenvalue weighted by Crippen LogP contribution is -2.26. The van der Waals surface area contributed by atoms with Crippen LogP contribution < -0.4 is 16.2 Å². The molecule has 0 bridgehead atoms. The second kappa shape index (κ2) is 6.77. The van der Waals surface area contributed by atoms with Crippen LogP contribution in [-0.2, 0) is 6.42 Å². The molecule has 3 N–H and O–H groups in total. The third-order valence-corrected chi connectivity index (χ3v) is 2.69. The largest absolute Gasteiger partial charge is 0.358 e. The molecule has 0 saturated heterocycles. The van der Waals surface area contributed by atoms with Crippen LogP contribution in [0.2, 0.25) is 0 Å². The molecule has 0 aliphatic carbocycles. The summed E-state index contributed by atoms with van der Waals surface area (Å²) >= 11 is 0. The molecule has 1 heterocycles. The summed E-state index contributed by atoms with van der Waals surface area (Å²) in [6.45, 7) is 4.61. The Labute approximate surface area is 108 Å². The van der Waals surface area contributed by atoms with Crippen molar-refractivity contribution in [2.45, 2.75) is 26.7 Å². The van der Waals surface area contributed by atoms with E-state index in [0.717, 1.165) is 24.2 Å². The Balaban J connectivity index is 3.03. The zero-order valence-electron chi connectivity index (χ0n) is 11.1. The van der Waals surface area contributed by atoms with E-state index in [4.69, 9.17) is 11.1 Å².